The molecule has 0 aliphatic carbocycles. The highest BCUT2D eigenvalue weighted by atomic mass is 35.5. The van der Waals surface area contributed by atoms with Gasteiger partial charge in [0.15, 0.2) is 0 Å². The van der Waals surface area contributed by atoms with E-state index >= 15 is 0 Å². The molecule has 1 aromatic carbocycles. The second-order valence-electron chi connectivity index (χ2n) is 7.42. The highest BCUT2D eigenvalue weighted by Crippen LogP contribution is 2.25. The minimum atomic E-state index is -0.888. The first-order chi connectivity index (χ1) is 11.5. The van der Waals surface area contributed by atoms with E-state index in [2.05, 4.69) is 0 Å². The lowest BCUT2D eigenvalue weighted by molar-refractivity contribution is -0.137. The van der Waals surface area contributed by atoms with Crippen molar-refractivity contribution in [2.24, 2.45) is 11.7 Å². The van der Waals surface area contributed by atoms with Crippen LogP contribution < -0.4 is 5.73 Å². The number of piperazine rings is 1. The molecule has 26 heavy (non-hydrogen) atoms. The van der Waals surface area contributed by atoms with Gasteiger partial charge in [-0.25, -0.2) is 8.78 Å². The van der Waals surface area contributed by atoms with Gasteiger partial charge in [0.05, 0.1) is 17.1 Å². The zero-order valence-corrected chi connectivity index (χ0v) is 16.3. The van der Waals surface area contributed by atoms with Crippen LogP contribution in [-0.4, -0.2) is 52.8 Å². The molecule has 2 amide bonds. The van der Waals surface area contributed by atoms with Crippen LogP contribution in [0.5, 0.6) is 0 Å². The van der Waals surface area contributed by atoms with Gasteiger partial charge in [-0.05, 0) is 31.9 Å². The first-order valence-corrected chi connectivity index (χ1v) is 8.36. The quantitative estimate of drug-likeness (QED) is 0.863. The topological polar surface area (TPSA) is 66.6 Å². The Morgan fingerprint density at radius 1 is 1.19 bits per heavy atom. The van der Waals surface area contributed by atoms with Crippen molar-refractivity contribution < 1.29 is 18.4 Å². The fourth-order valence-corrected chi connectivity index (χ4v) is 3.02. The fraction of sp³-hybridized carbons (Fsp3) is 0.556. The van der Waals surface area contributed by atoms with E-state index < -0.39 is 29.1 Å². The molecule has 146 valence electrons. The van der Waals surface area contributed by atoms with Crippen molar-refractivity contribution in [3.63, 3.8) is 0 Å². The van der Waals surface area contributed by atoms with Gasteiger partial charge in [-0.15, -0.1) is 12.4 Å². The summed E-state index contributed by atoms with van der Waals surface area (Å²) in [7, 11) is 0. The monoisotopic (exact) mass is 389 g/mol. The van der Waals surface area contributed by atoms with E-state index in [4.69, 9.17) is 5.73 Å². The molecule has 2 N–H and O–H groups in total. The summed E-state index contributed by atoms with van der Waals surface area (Å²) in [6.45, 7) is 8.28. The number of hydrogen-bond donors (Lipinski definition) is 1. The molecule has 1 aliphatic heterocycles. The highest BCUT2D eigenvalue weighted by Gasteiger charge is 2.40. The van der Waals surface area contributed by atoms with Crippen LogP contribution in [0.4, 0.5) is 8.78 Å². The predicted molar refractivity (Wildman–Crippen MR) is 98.1 cm³/mol. The van der Waals surface area contributed by atoms with Gasteiger partial charge in [0, 0.05) is 25.7 Å². The molecule has 5 nitrogen and oxygen atoms in total. The lowest BCUT2D eigenvalue weighted by Crippen LogP contribution is -2.64. The standard InChI is InChI=1S/C18H25F2N3O2.ClH/c1-11(2)15(21)17(25)22-7-8-23(18(3,4)10-22)16(24)13-6-5-12(19)9-14(13)20;/h5-6,9,11,15H,7-8,10,21H2,1-4H3;1H/t15-;/m0./s1. The molecular weight excluding hydrogens is 364 g/mol. The number of nitrogens with two attached hydrogens (primary N) is 1. The molecule has 8 heteroatoms. The fourth-order valence-electron chi connectivity index (χ4n) is 3.02. The van der Waals surface area contributed by atoms with Gasteiger partial charge in [0.1, 0.15) is 11.6 Å². The molecule has 1 aromatic rings. The Kier molecular flexibility index (Phi) is 7.13. The normalized spacial score (nSPS) is 17.7. The Morgan fingerprint density at radius 3 is 2.31 bits per heavy atom. The van der Waals surface area contributed by atoms with Gasteiger partial charge in [-0.3, -0.25) is 9.59 Å². The molecule has 0 unspecified atom stereocenters. The van der Waals surface area contributed by atoms with E-state index in [9.17, 15) is 18.4 Å². The smallest absolute Gasteiger partial charge is 0.257 e. The van der Waals surface area contributed by atoms with Gasteiger partial charge < -0.3 is 15.5 Å². The van der Waals surface area contributed by atoms with E-state index in [-0.39, 0.29) is 36.3 Å². The number of halogens is 3. The number of carbonyl (C=O) groups is 2. The molecule has 1 aliphatic rings. The van der Waals surface area contributed by atoms with E-state index in [1.54, 1.807) is 4.90 Å². The summed E-state index contributed by atoms with van der Waals surface area (Å²) in [6.07, 6.45) is 0. The summed E-state index contributed by atoms with van der Waals surface area (Å²) in [5, 5.41) is 0. The number of carbonyl (C=O) groups excluding carboxylic acids is 2. The summed E-state index contributed by atoms with van der Waals surface area (Å²) in [6, 6.07) is 2.31. The van der Waals surface area contributed by atoms with Gasteiger partial charge in [-0.2, -0.15) is 0 Å². The van der Waals surface area contributed by atoms with Crippen molar-refractivity contribution in [3.05, 3.63) is 35.4 Å². The van der Waals surface area contributed by atoms with Crippen LogP contribution in [0.2, 0.25) is 0 Å². The van der Waals surface area contributed by atoms with E-state index in [0.29, 0.717) is 19.2 Å². The van der Waals surface area contributed by atoms with Crippen LogP contribution in [0.25, 0.3) is 0 Å². The molecular formula is C18H26ClF2N3O2. The first kappa shape index (κ1) is 22.3. The van der Waals surface area contributed by atoms with Crippen molar-refractivity contribution in [3.8, 4) is 0 Å². The minimum absolute atomic E-state index is 0. The summed E-state index contributed by atoms with van der Waals surface area (Å²) >= 11 is 0. The summed E-state index contributed by atoms with van der Waals surface area (Å²) in [4.78, 5) is 28.3. The van der Waals surface area contributed by atoms with Crippen molar-refractivity contribution in [1.29, 1.82) is 0 Å². The molecule has 0 aromatic heterocycles. The number of rotatable bonds is 3. The molecule has 0 spiro atoms. The lowest BCUT2D eigenvalue weighted by atomic mass is 9.95. The van der Waals surface area contributed by atoms with Crippen molar-refractivity contribution in [2.75, 3.05) is 19.6 Å². The Hall–Kier alpha value is -1.73. The number of amides is 2. The Labute approximate surface area is 158 Å². The van der Waals surface area contributed by atoms with Crippen molar-refractivity contribution >= 4 is 24.2 Å². The summed E-state index contributed by atoms with van der Waals surface area (Å²) < 4.78 is 27.0. The van der Waals surface area contributed by atoms with Crippen molar-refractivity contribution in [1.82, 2.24) is 9.80 Å². The molecule has 1 heterocycles. The van der Waals surface area contributed by atoms with Gasteiger partial charge in [0.2, 0.25) is 5.91 Å². The molecule has 0 saturated carbocycles. The molecule has 0 bridgehead atoms. The van der Waals surface area contributed by atoms with Crippen molar-refractivity contribution in [2.45, 2.75) is 39.3 Å². The first-order valence-electron chi connectivity index (χ1n) is 8.36. The second kappa shape index (κ2) is 8.31. The van der Waals surface area contributed by atoms with E-state index in [1.807, 2.05) is 27.7 Å². The maximum atomic E-state index is 13.9. The largest absolute Gasteiger partial charge is 0.337 e. The average Bonchev–Trinajstić information content (AvgIpc) is 2.51. The second-order valence-corrected chi connectivity index (χ2v) is 7.42. The maximum Gasteiger partial charge on any atom is 0.257 e. The summed E-state index contributed by atoms with van der Waals surface area (Å²) in [5.41, 5.74) is 5.08. The van der Waals surface area contributed by atoms with Crippen LogP contribution in [0.1, 0.15) is 38.1 Å². The van der Waals surface area contributed by atoms with E-state index in [0.717, 1.165) is 12.1 Å². The SMILES string of the molecule is CC(C)[C@H](N)C(=O)N1CCN(C(=O)c2ccc(F)cc2F)C(C)(C)C1.Cl. The molecule has 1 saturated heterocycles. The predicted octanol–water partition coefficient (Wildman–Crippen LogP) is 2.43. The number of nitrogens with zero attached hydrogens (tertiary/aromatic N) is 2. The van der Waals surface area contributed by atoms with Crippen LogP contribution in [0.3, 0.4) is 0 Å². The van der Waals surface area contributed by atoms with Crippen LogP contribution >= 0.6 is 12.4 Å². The Morgan fingerprint density at radius 2 is 1.81 bits per heavy atom. The molecule has 1 atom stereocenters. The Bertz CT molecular complexity index is 682. The molecule has 0 radical (unpaired) electrons. The lowest BCUT2D eigenvalue weighted by Gasteiger charge is -2.47. The highest BCUT2D eigenvalue weighted by molar-refractivity contribution is 5.95. The molecule has 1 fully saturated rings. The maximum absolute atomic E-state index is 13.9. The van der Waals surface area contributed by atoms with Crippen LogP contribution in [0.15, 0.2) is 18.2 Å². The minimum Gasteiger partial charge on any atom is -0.337 e. The summed E-state index contributed by atoms with van der Waals surface area (Å²) in [5.74, 6) is -2.26. The molecule has 2 rings (SSSR count). The third kappa shape index (κ3) is 4.51. The van der Waals surface area contributed by atoms with Gasteiger partial charge >= 0.3 is 0 Å². The number of benzene rings is 1. The third-order valence-electron chi connectivity index (χ3n) is 4.62. The zero-order valence-electron chi connectivity index (χ0n) is 15.5. The average molecular weight is 390 g/mol. The van der Waals surface area contributed by atoms with Crippen LogP contribution in [0, 0.1) is 17.6 Å². The Balaban J connectivity index is 0.00000338. The zero-order chi connectivity index (χ0) is 18.9. The van der Waals surface area contributed by atoms with Gasteiger partial charge in [-0.1, -0.05) is 13.8 Å². The third-order valence-corrected chi connectivity index (χ3v) is 4.62. The number of hydrogen-bond acceptors (Lipinski definition) is 3. The van der Waals surface area contributed by atoms with Gasteiger partial charge in [0.25, 0.3) is 5.91 Å². The van der Waals surface area contributed by atoms with Crippen LogP contribution in [-0.2, 0) is 4.79 Å². The van der Waals surface area contributed by atoms with E-state index in [1.165, 1.54) is 4.90 Å².